The molecule has 2 aliphatic rings. The molecule has 5 rings (SSSR count). The molecule has 0 aromatic carbocycles. The number of ether oxygens (including phenoxy) is 1. The Morgan fingerprint density at radius 1 is 1.27 bits per heavy atom. The van der Waals surface area contributed by atoms with E-state index in [1.165, 1.54) is 5.01 Å². The molecule has 0 saturated heterocycles. The van der Waals surface area contributed by atoms with Gasteiger partial charge in [-0.1, -0.05) is 11.4 Å². The molecule has 170 valence electrons. The van der Waals surface area contributed by atoms with Crippen molar-refractivity contribution in [1.29, 1.82) is 0 Å². The molecule has 3 aromatic heterocycles. The average molecular weight is 467 g/mol. The summed E-state index contributed by atoms with van der Waals surface area (Å²) in [5.41, 5.74) is 2.44. The highest BCUT2D eigenvalue weighted by Crippen LogP contribution is 2.44. The van der Waals surface area contributed by atoms with Crippen molar-refractivity contribution in [3.63, 3.8) is 0 Å². The third-order valence-electron chi connectivity index (χ3n) is 5.85. The lowest BCUT2D eigenvalue weighted by Crippen LogP contribution is -2.34. The molecular formula is C23H22N4O5S. The maximum Gasteiger partial charge on any atom is 0.352 e. The Bertz CT molecular complexity index is 1200. The standard InChI is InChI=1S/C23H22N4O5S/c1-2-17-22(33-26-24-17)23(29)32-13-19(28)27-21(18-9-5-11-31-18)16-8-3-6-14(20(16)25-27)12-15-7-4-10-30-15/h4-5,7,9-12,16,21H,2-3,6,8,13H2,1H3/b14-12+. The Labute approximate surface area is 193 Å². The van der Waals surface area contributed by atoms with Crippen molar-refractivity contribution < 1.29 is 23.2 Å². The zero-order valence-corrected chi connectivity index (χ0v) is 18.8. The molecule has 1 fully saturated rings. The van der Waals surface area contributed by atoms with Gasteiger partial charge in [0.2, 0.25) is 0 Å². The van der Waals surface area contributed by atoms with Gasteiger partial charge >= 0.3 is 5.97 Å². The van der Waals surface area contributed by atoms with Crippen molar-refractivity contribution >= 4 is 35.2 Å². The van der Waals surface area contributed by atoms with E-state index in [0.29, 0.717) is 22.8 Å². The number of allylic oxidation sites excluding steroid dienone is 1. The first-order valence-corrected chi connectivity index (χ1v) is 11.6. The molecule has 0 spiro atoms. The minimum Gasteiger partial charge on any atom is -0.467 e. The number of esters is 1. The largest absolute Gasteiger partial charge is 0.467 e. The smallest absolute Gasteiger partial charge is 0.352 e. The van der Waals surface area contributed by atoms with Crippen molar-refractivity contribution in [3.8, 4) is 0 Å². The molecule has 2 unspecified atom stereocenters. The molecule has 0 bridgehead atoms. The van der Waals surface area contributed by atoms with Gasteiger partial charge in [-0.2, -0.15) is 5.10 Å². The van der Waals surface area contributed by atoms with E-state index in [2.05, 4.69) is 9.59 Å². The van der Waals surface area contributed by atoms with Crippen molar-refractivity contribution in [2.24, 2.45) is 11.0 Å². The average Bonchev–Trinajstić information content (AvgIpc) is 3.62. The van der Waals surface area contributed by atoms with Gasteiger partial charge in [0.05, 0.1) is 23.9 Å². The van der Waals surface area contributed by atoms with Crippen molar-refractivity contribution in [2.75, 3.05) is 6.61 Å². The van der Waals surface area contributed by atoms with Crippen LogP contribution >= 0.6 is 11.5 Å². The Morgan fingerprint density at radius 3 is 2.88 bits per heavy atom. The van der Waals surface area contributed by atoms with E-state index < -0.39 is 24.5 Å². The molecule has 4 heterocycles. The predicted octanol–water partition coefficient (Wildman–Crippen LogP) is 4.27. The molecule has 3 aromatic rings. The van der Waals surface area contributed by atoms with Crippen LogP contribution < -0.4 is 0 Å². The molecule has 1 amide bonds. The Balaban J connectivity index is 1.40. The van der Waals surface area contributed by atoms with Crippen LogP contribution in [-0.4, -0.2) is 38.8 Å². The summed E-state index contributed by atoms with van der Waals surface area (Å²) in [4.78, 5) is 26.0. The normalized spacial score (nSPS) is 21.2. The van der Waals surface area contributed by atoms with Gasteiger partial charge in [0.1, 0.15) is 17.6 Å². The Hall–Kier alpha value is -3.53. The number of amides is 1. The van der Waals surface area contributed by atoms with Gasteiger partial charge in [0.25, 0.3) is 5.91 Å². The van der Waals surface area contributed by atoms with E-state index in [4.69, 9.17) is 18.7 Å². The molecule has 0 radical (unpaired) electrons. The SMILES string of the molecule is CCc1nnsc1C(=O)OCC(=O)N1N=C2/C(=C/c3ccco3)CCCC2C1c1ccco1. The van der Waals surface area contributed by atoms with Gasteiger partial charge in [-0.05, 0) is 73.1 Å². The van der Waals surface area contributed by atoms with Crippen LogP contribution in [0.25, 0.3) is 6.08 Å². The molecule has 1 saturated carbocycles. The Kier molecular flexibility index (Phi) is 5.91. The van der Waals surface area contributed by atoms with Crippen LogP contribution in [0.15, 0.2) is 56.3 Å². The van der Waals surface area contributed by atoms with Crippen LogP contribution in [-0.2, 0) is 16.0 Å². The summed E-state index contributed by atoms with van der Waals surface area (Å²) >= 11 is 0.963. The monoisotopic (exact) mass is 466 g/mol. The second-order valence-electron chi connectivity index (χ2n) is 7.85. The number of furan rings is 2. The highest BCUT2D eigenvalue weighted by atomic mass is 32.1. The summed E-state index contributed by atoms with van der Waals surface area (Å²) in [7, 11) is 0. The van der Waals surface area contributed by atoms with Gasteiger partial charge in [-0.25, -0.2) is 9.80 Å². The fraction of sp³-hybridized carbons (Fsp3) is 0.348. The van der Waals surface area contributed by atoms with E-state index in [-0.39, 0.29) is 5.92 Å². The second kappa shape index (κ2) is 9.14. The van der Waals surface area contributed by atoms with Crippen LogP contribution in [0.3, 0.4) is 0 Å². The highest BCUT2D eigenvalue weighted by molar-refractivity contribution is 7.07. The van der Waals surface area contributed by atoms with E-state index in [1.807, 2.05) is 31.2 Å². The first-order chi connectivity index (χ1) is 16.2. The number of aryl methyl sites for hydroxylation is 1. The van der Waals surface area contributed by atoms with Crippen LogP contribution in [0.5, 0.6) is 0 Å². The molecule has 2 atom stereocenters. The van der Waals surface area contributed by atoms with Crippen LogP contribution in [0.2, 0.25) is 0 Å². The highest BCUT2D eigenvalue weighted by Gasteiger charge is 2.45. The number of aromatic nitrogens is 2. The van der Waals surface area contributed by atoms with Gasteiger partial charge < -0.3 is 13.6 Å². The zero-order valence-electron chi connectivity index (χ0n) is 18.0. The summed E-state index contributed by atoms with van der Waals surface area (Å²) < 4.78 is 20.3. The lowest BCUT2D eigenvalue weighted by Gasteiger charge is -2.27. The summed E-state index contributed by atoms with van der Waals surface area (Å²) in [5, 5.41) is 10.0. The number of hydrazone groups is 1. The van der Waals surface area contributed by atoms with Crippen molar-refractivity contribution in [2.45, 2.75) is 38.6 Å². The van der Waals surface area contributed by atoms with Crippen molar-refractivity contribution in [3.05, 3.63) is 64.5 Å². The number of hydrogen-bond acceptors (Lipinski definition) is 9. The fourth-order valence-corrected chi connectivity index (χ4v) is 4.99. The quantitative estimate of drug-likeness (QED) is 0.499. The third-order valence-corrected chi connectivity index (χ3v) is 6.60. The van der Waals surface area contributed by atoms with E-state index in [9.17, 15) is 9.59 Å². The van der Waals surface area contributed by atoms with Gasteiger partial charge in [0, 0.05) is 5.92 Å². The molecule has 1 aliphatic carbocycles. The lowest BCUT2D eigenvalue weighted by molar-refractivity contribution is -0.137. The van der Waals surface area contributed by atoms with Crippen LogP contribution in [0, 0.1) is 5.92 Å². The van der Waals surface area contributed by atoms with Crippen LogP contribution in [0.1, 0.15) is 59.1 Å². The number of rotatable bonds is 6. The van der Waals surface area contributed by atoms with Crippen molar-refractivity contribution in [1.82, 2.24) is 14.6 Å². The molecule has 9 nitrogen and oxygen atoms in total. The number of nitrogens with zero attached hydrogens (tertiary/aromatic N) is 4. The second-order valence-corrected chi connectivity index (χ2v) is 8.60. The van der Waals surface area contributed by atoms with Gasteiger partial charge in [-0.3, -0.25) is 4.79 Å². The zero-order chi connectivity index (χ0) is 22.8. The molecule has 10 heteroatoms. The summed E-state index contributed by atoms with van der Waals surface area (Å²) in [5.74, 6) is 0.360. The van der Waals surface area contributed by atoms with Gasteiger partial charge in [-0.15, -0.1) is 5.10 Å². The molecular weight excluding hydrogens is 444 g/mol. The minimum absolute atomic E-state index is 0.0110. The minimum atomic E-state index is -0.604. The van der Waals surface area contributed by atoms with Crippen LogP contribution in [0.4, 0.5) is 0 Å². The topological polar surface area (TPSA) is 111 Å². The molecule has 33 heavy (non-hydrogen) atoms. The summed E-state index contributed by atoms with van der Waals surface area (Å²) in [6.07, 6.45) is 8.42. The maximum absolute atomic E-state index is 13.2. The van der Waals surface area contributed by atoms with E-state index >= 15 is 0 Å². The predicted molar refractivity (Wildman–Crippen MR) is 119 cm³/mol. The Morgan fingerprint density at radius 2 is 2.12 bits per heavy atom. The van der Waals surface area contributed by atoms with E-state index in [1.54, 1.807) is 18.6 Å². The summed E-state index contributed by atoms with van der Waals surface area (Å²) in [6.45, 7) is 1.44. The number of carbonyl (C=O) groups is 2. The first kappa shape index (κ1) is 21.3. The fourth-order valence-electron chi connectivity index (χ4n) is 4.34. The number of carbonyl (C=O) groups excluding carboxylic acids is 2. The summed E-state index contributed by atoms with van der Waals surface area (Å²) in [6, 6.07) is 6.97. The first-order valence-electron chi connectivity index (χ1n) is 10.8. The van der Waals surface area contributed by atoms with Gasteiger partial charge in [0.15, 0.2) is 11.5 Å². The maximum atomic E-state index is 13.2. The third kappa shape index (κ3) is 4.13. The number of fused-ring (bicyclic) bond motifs is 1. The van der Waals surface area contributed by atoms with E-state index in [0.717, 1.165) is 47.8 Å². The molecule has 0 N–H and O–H groups in total. The molecule has 1 aliphatic heterocycles. The number of hydrogen-bond donors (Lipinski definition) is 0. The lowest BCUT2D eigenvalue weighted by atomic mass is 9.79.